The molecule has 0 aliphatic heterocycles. The molecule has 0 atom stereocenters. The number of hydrogen-bond donors (Lipinski definition) is 0. The molecule has 0 aromatic heterocycles. The van der Waals surface area contributed by atoms with Crippen molar-refractivity contribution in [2.45, 2.75) is 37.5 Å². The van der Waals surface area contributed by atoms with E-state index in [1.165, 1.54) is 19.2 Å². The molecule has 0 fully saturated rings. The molecule has 0 radical (unpaired) electrons. The number of nitrogens with zero attached hydrogens (tertiary/aromatic N) is 1. The Bertz CT molecular complexity index is 1270. The molecule has 10 heteroatoms. The van der Waals surface area contributed by atoms with Gasteiger partial charge in [0.05, 0.1) is 12.7 Å². The largest absolute Gasteiger partial charge is 0.497 e. The Morgan fingerprint density at radius 3 is 2.09 bits per heavy atom. The van der Waals surface area contributed by atoms with Crippen LogP contribution in [0.4, 0.5) is 13.2 Å². The van der Waals surface area contributed by atoms with Crippen LogP contribution in [0, 0.1) is 0 Å². The minimum atomic E-state index is -4.68. The highest BCUT2D eigenvalue weighted by Crippen LogP contribution is 2.31. The Balaban J connectivity index is 1.74. The van der Waals surface area contributed by atoms with E-state index in [4.69, 9.17) is 8.92 Å². The highest BCUT2D eigenvalue weighted by molar-refractivity contribution is 7.87. The number of rotatable bonds is 8. The minimum absolute atomic E-state index is 0.0660. The van der Waals surface area contributed by atoms with Crippen LogP contribution in [0.1, 0.15) is 35.3 Å². The van der Waals surface area contributed by atoms with Gasteiger partial charge in [-0.15, -0.1) is 0 Å². The molecular formula is C25H24F3NO5S. The first-order chi connectivity index (χ1) is 16.4. The number of carbonyl (C=O) groups excluding carboxylic acids is 1. The van der Waals surface area contributed by atoms with Crippen LogP contribution in [-0.4, -0.2) is 32.4 Å². The lowest BCUT2D eigenvalue weighted by Crippen LogP contribution is -2.36. The molecule has 3 rings (SSSR count). The van der Waals surface area contributed by atoms with Crippen LogP contribution in [0.2, 0.25) is 0 Å². The molecule has 6 nitrogen and oxygen atoms in total. The molecule has 186 valence electrons. The van der Waals surface area contributed by atoms with Crippen LogP contribution >= 0.6 is 0 Å². The first-order valence-electron chi connectivity index (χ1n) is 10.6. The average Bonchev–Trinajstić information content (AvgIpc) is 2.82. The smallest absolute Gasteiger partial charge is 0.416 e. The predicted molar refractivity (Wildman–Crippen MR) is 124 cm³/mol. The number of amides is 1. The second-order valence-corrected chi connectivity index (χ2v) is 9.51. The van der Waals surface area contributed by atoms with Crippen LogP contribution in [0.3, 0.4) is 0 Å². The molecule has 35 heavy (non-hydrogen) atoms. The summed E-state index contributed by atoms with van der Waals surface area (Å²) in [5.41, 5.74) is 0.115. The van der Waals surface area contributed by atoms with E-state index in [-0.39, 0.29) is 24.2 Å². The van der Waals surface area contributed by atoms with Crippen LogP contribution in [-0.2, 0) is 22.8 Å². The molecule has 1 amide bonds. The zero-order valence-corrected chi connectivity index (χ0v) is 20.1. The highest BCUT2D eigenvalue weighted by Gasteiger charge is 2.32. The van der Waals surface area contributed by atoms with Crippen LogP contribution in [0.15, 0.2) is 77.7 Å². The van der Waals surface area contributed by atoms with Gasteiger partial charge in [-0.25, -0.2) is 0 Å². The summed E-state index contributed by atoms with van der Waals surface area (Å²) in [5, 5.41) is 0. The Kier molecular flexibility index (Phi) is 7.74. The summed E-state index contributed by atoms with van der Waals surface area (Å²) in [6, 6.07) is 15.9. The molecule has 3 aromatic rings. The third-order valence-corrected chi connectivity index (χ3v) is 6.40. The molecule has 0 N–H and O–H groups in total. The summed E-state index contributed by atoms with van der Waals surface area (Å²) in [6.07, 6.45) is -4.68. The van der Waals surface area contributed by atoms with E-state index in [1.54, 1.807) is 41.3 Å². The van der Waals surface area contributed by atoms with Crippen molar-refractivity contribution in [2.24, 2.45) is 0 Å². The van der Waals surface area contributed by atoms with Crippen molar-refractivity contribution in [1.29, 1.82) is 0 Å². The van der Waals surface area contributed by atoms with Gasteiger partial charge in [-0.3, -0.25) is 4.79 Å². The maximum absolute atomic E-state index is 13.0. The fraction of sp³-hybridized carbons (Fsp3) is 0.240. The van der Waals surface area contributed by atoms with Gasteiger partial charge in [0.15, 0.2) is 0 Å². The molecule has 0 spiro atoms. The Hall–Kier alpha value is -3.53. The summed E-state index contributed by atoms with van der Waals surface area (Å²) >= 11 is 0. The first kappa shape index (κ1) is 26.1. The topological polar surface area (TPSA) is 72.9 Å². The number of methoxy groups -OCH3 is 1. The molecule has 0 bridgehead atoms. The molecule has 0 heterocycles. The average molecular weight is 508 g/mol. The zero-order chi connectivity index (χ0) is 25.8. The summed E-state index contributed by atoms with van der Waals surface area (Å²) in [7, 11) is -2.94. The van der Waals surface area contributed by atoms with Crippen molar-refractivity contribution >= 4 is 16.0 Å². The monoisotopic (exact) mass is 507 g/mol. The van der Waals surface area contributed by atoms with Crippen molar-refractivity contribution < 1.29 is 35.3 Å². The van der Waals surface area contributed by atoms with Gasteiger partial charge < -0.3 is 13.8 Å². The maximum atomic E-state index is 13.0. The second-order valence-electron chi connectivity index (χ2n) is 7.96. The summed E-state index contributed by atoms with van der Waals surface area (Å²) in [5.74, 6) is 0.382. The lowest BCUT2D eigenvalue weighted by atomic mass is 10.1. The van der Waals surface area contributed by atoms with Crippen LogP contribution in [0.5, 0.6) is 11.5 Å². The van der Waals surface area contributed by atoms with Gasteiger partial charge in [-0.1, -0.05) is 18.2 Å². The van der Waals surface area contributed by atoms with E-state index in [0.717, 1.165) is 18.2 Å². The molecular weight excluding hydrogens is 483 g/mol. The van der Waals surface area contributed by atoms with Gasteiger partial charge in [0.25, 0.3) is 5.91 Å². The highest BCUT2D eigenvalue weighted by atomic mass is 32.2. The van der Waals surface area contributed by atoms with E-state index < -0.39 is 26.8 Å². The zero-order valence-electron chi connectivity index (χ0n) is 19.2. The number of hydrogen-bond acceptors (Lipinski definition) is 5. The van der Waals surface area contributed by atoms with Gasteiger partial charge >= 0.3 is 16.3 Å². The molecule has 3 aromatic carbocycles. The minimum Gasteiger partial charge on any atom is -0.497 e. The second kappa shape index (κ2) is 10.4. The van der Waals surface area contributed by atoms with Crippen LogP contribution < -0.4 is 8.92 Å². The first-order valence-corrected chi connectivity index (χ1v) is 12.0. The number of benzene rings is 3. The quantitative estimate of drug-likeness (QED) is 0.375. The van der Waals surface area contributed by atoms with Gasteiger partial charge in [0.2, 0.25) is 0 Å². The van der Waals surface area contributed by atoms with Crippen molar-refractivity contribution in [2.75, 3.05) is 7.11 Å². The van der Waals surface area contributed by atoms with Gasteiger partial charge in [0.1, 0.15) is 16.4 Å². The van der Waals surface area contributed by atoms with E-state index >= 15 is 0 Å². The Morgan fingerprint density at radius 1 is 0.943 bits per heavy atom. The van der Waals surface area contributed by atoms with Gasteiger partial charge in [-0.2, -0.15) is 21.6 Å². The lowest BCUT2D eigenvalue weighted by molar-refractivity contribution is -0.137. The lowest BCUT2D eigenvalue weighted by Gasteiger charge is -2.27. The molecule has 0 saturated heterocycles. The SMILES string of the molecule is COc1ccc(C(=O)N(Cc2ccc(OS(=O)(=O)c3cccc(C(F)(F)F)c3)cc2)C(C)C)cc1. The number of carbonyl (C=O) groups is 1. The standard InChI is InChI=1S/C25H24F3NO5S/c1-17(2)29(24(30)19-9-13-21(33-3)14-10-19)16-18-7-11-22(12-8-18)34-35(31,32)23-6-4-5-20(15-23)25(26,27)28/h4-15,17H,16H2,1-3H3. The molecule has 0 saturated carbocycles. The number of alkyl halides is 3. The van der Waals surface area contributed by atoms with Gasteiger partial charge in [-0.05, 0) is 74.0 Å². The molecule has 0 aliphatic rings. The summed E-state index contributed by atoms with van der Waals surface area (Å²) in [6.45, 7) is 4.00. The molecule has 0 unspecified atom stereocenters. The number of halogens is 3. The summed E-state index contributed by atoms with van der Waals surface area (Å²) < 4.78 is 73.8. The summed E-state index contributed by atoms with van der Waals surface area (Å²) in [4.78, 5) is 14.0. The fourth-order valence-electron chi connectivity index (χ4n) is 3.24. The third-order valence-electron chi connectivity index (χ3n) is 5.15. The predicted octanol–water partition coefficient (Wildman–Crippen LogP) is 5.53. The van der Waals surface area contributed by atoms with E-state index in [2.05, 4.69) is 0 Å². The maximum Gasteiger partial charge on any atom is 0.416 e. The van der Waals surface area contributed by atoms with Crippen molar-refractivity contribution in [3.63, 3.8) is 0 Å². The normalized spacial score (nSPS) is 11.9. The fourth-order valence-corrected chi connectivity index (χ4v) is 4.22. The van der Waals surface area contributed by atoms with E-state index in [9.17, 15) is 26.4 Å². The van der Waals surface area contributed by atoms with E-state index in [1.807, 2.05) is 13.8 Å². The van der Waals surface area contributed by atoms with Gasteiger partial charge in [0, 0.05) is 18.2 Å². The number of ether oxygens (including phenoxy) is 1. The van der Waals surface area contributed by atoms with Crippen molar-refractivity contribution in [3.8, 4) is 11.5 Å². The molecule has 0 aliphatic carbocycles. The van der Waals surface area contributed by atoms with Crippen molar-refractivity contribution in [1.82, 2.24) is 4.90 Å². The Morgan fingerprint density at radius 2 is 1.54 bits per heavy atom. The Labute approximate surface area is 202 Å². The third kappa shape index (κ3) is 6.54. The van der Waals surface area contributed by atoms with Crippen LogP contribution in [0.25, 0.3) is 0 Å². The van der Waals surface area contributed by atoms with Crippen molar-refractivity contribution in [3.05, 3.63) is 89.5 Å². The van der Waals surface area contributed by atoms with E-state index in [0.29, 0.717) is 22.9 Å².